The Balaban J connectivity index is 2.67. The molecule has 0 bridgehead atoms. The Morgan fingerprint density at radius 1 is 1.39 bits per heavy atom. The molecule has 1 aliphatic heterocycles. The number of anilines is 1. The zero-order valence-electron chi connectivity index (χ0n) is 10.1. The maximum Gasteiger partial charge on any atom is 0.243 e. The Hall–Kier alpha value is -1.69. The van der Waals surface area contributed by atoms with Crippen LogP contribution < -0.4 is 5.32 Å². The van der Waals surface area contributed by atoms with Gasteiger partial charge in [-0.3, -0.25) is 9.59 Å². The van der Waals surface area contributed by atoms with Gasteiger partial charge in [0.1, 0.15) is 5.25 Å². The fourth-order valence-corrected chi connectivity index (χ4v) is 3.80. The first-order valence-electron chi connectivity index (χ1n) is 5.57. The fraction of sp³-hybridized carbons (Fsp3) is 0.333. The van der Waals surface area contributed by atoms with Gasteiger partial charge in [-0.1, -0.05) is 6.92 Å². The smallest absolute Gasteiger partial charge is 0.243 e. The van der Waals surface area contributed by atoms with Crippen molar-refractivity contribution in [2.75, 3.05) is 5.32 Å². The number of hydrogen-bond donors (Lipinski definition) is 1. The van der Waals surface area contributed by atoms with Crippen LogP contribution in [0.3, 0.4) is 0 Å². The van der Waals surface area contributed by atoms with E-state index in [0.29, 0.717) is 5.56 Å². The number of nitrogens with one attached hydrogen (secondary N) is 1. The van der Waals surface area contributed by atoms with Crippen LogP contribution in [0.25, 0.3) is 0 Å². The third-order valence-corrected chi connectivity index (χ3v) is 5.24. The maximum atomic E-state index is 12.2. The molecule has 6 heteroatoms. The van der Waals surface area contributed by atoms with Crippen LogP contribution in [0.4, 0.5) is 5.69 Å². The van der Waals surface area contributed by atoms with E-state index in [4.69, 9.17) is 0 Å². The minimum Gasteiger partial charge on any atom is -0.324 e. The van der Waals surface area contributed by atoms with Crippen molar-refractivity contribution in [2.24, 2.45) is 0 Å². The van der Waals surface area contributed by atoms with Crippen LogP contribution in [0.5, 0.6) is 0 Å². The third-order valence-electron chi connectivity index (χ3n) is 2.99. The number of benzene rings is 1. The van der Waals surface area contributed by atoms with Crippen molar-refractivity contribution in [3.05, 3.63) is 23.8 Å². The molecule has 0 spiro atoms. The molecule has 0 saturated carbocycles. The van der Waals surface area contributed by atoms with E-state index < -0.39 is 21.0 Å². The Morgan fingerprint density at radius 2 is 2.06 bits per heavy atom. The van der Waals surface area contributed by atoms with E-state index in [-0.39, 0.29) is 22.8 Å². The van der Waals surface area contributed by atoms with Crippen molar-refractivity contribution < 1.29 is 18.0 Å². The van der Waals surface area contributed by atoms with Crippen molar-refractivity contribution in [3.8, 4) is 0 Å². The molecule has 2 rings (SSSR count). The van der Waals surface area contributed by atoms with Crippen LogP contribution in [0.15, 0.2) is 23.1 Å². The molecule has 18 heavy (non-hydrogen) atoms. The molecular formula is C12H13NO4S. The molecule has 1 heterocycles. The minimum absolute atomic E-state index is 0.0293. The van der Waals surface area contributed by atoms with Crippen molar-refractivity contribution >= 4 is 27.2 Å². The van der Waals surface area contributed by atoms with E-state index in [0.717, 1.165) is 0 Å². The summed E-state index contributed by atoms with van der Waals surface area (Å²) in [5.74, 6) is -0.724. The van der Waals surface area contributed by atoms with Crippen LogP contribution >= 0.6 is 0 Å². The first kappa shape index (κ1) is 12.8. The molecule has 1 N–H and O–H groups in total. The number of carbonyl (C=O) groups is 2. The van der Waals surface area contributed by atoms with Gasteiger partial charge >= 0.3 is 0 Å². The van der Waals surface area contributed by atoms with Crippen molar-refractivity contribution in [3.63, 3.8) is 0 Å². The molecule has 1 aromatic rings. The highest BCUT2D eigenvalue weighted by Gasteiger charge is 2.39. The number of Topliss-reactive ketones (excluding diaryl/α,β-unsaturated/α-hetero) is 1. The third kappa shape index (κ3) is 1.82. The standard InChI is InChI=1S/C12H13NO4S/c1-3-10-12(15)13-9-5-4-8(7(2)14)6-11(9)18(10,16)17/h4-6,10H,3H2,1-2H3,(H,13,15). The van der Waals surface area contributed by atoms with Gasteiger partial charge in [-0.25, -0.2) is 8.42 Å². The topological polar surface area (TPSA) is 80.3 Å². The average Bonchev–Trinajstić information content (AvgIpc) is 2.28. The number of hydrogen-bond acceptors (Lipinski definition) is 4. The molecule has 1 aromatic carbocycles. The SMILES string of the molecule is CCC1C(=O)Nc2ccc(C(C)=O)cc2S1(=O)=O. The molecule has 0 saturated heterocycles. The minimum atomic E-state index is -3.70. The molecule has 0 radical (unpaired) electrons. The van der Waals surface area contributed by atoms with E-state index in [1.807, 2.05) is 0 Å². The molecule has 1 atom stereocenters. The zero-order valence-corrected chi connectivity index (χ0v) is 10.9. The van der Waals surface area contributed by atoms with Crippen molar-refractivity contribution in [1.82, 2.24) is 0 Å². The summed E-state index contributed by atoms with van der Waals surface area (Å²) >= 11 is 0. The van der Waals surface area contributed by atoms with E-state index in [1.165, 1.54) is 25.1 Å². The lowest BCUT2D eigenvalue weighted by molar-refractivity contribution is -0.116. The number of amides is 1. The van der Waals surface area contributed by atoms with E-state index in [2.05, 4.69) is 5.32 Å². The average molecular weight is 267 g/mol. The molecule has 0 aromatic heterocycles. The fourth-order valence-electron chi connectivity index (χ4n) is 1.99. The van der Waals surface area contributed by atoms with Crippen LogP contribution in [0.2, 0.25) is 0 Å². The van der Waals surface area contributed by atoms with Gasteiger partial charge in [0, 0.05) is 5.56 Å². The van der Waals surface area contributed by atoms with Crippen LogP contribution in [0, 0.1) is 0 Å². The van der Waals surface area contributed by atoms with Crippen LogP contribution in [-0.4, -0.2) is 25.4 Å². The summed E-state index contributed by atoms with van der Waals surface area (Å²) in [5, 5.41) is 1.48. The van der Waals surface area contributed by atoms with Crippen LogP contribution in [-0.2, 0) is 14.6 Å². The van der Waals surface area contributed by atoms with Gasteiger partial charge < -0.3 is 5.32 Å². The first-order chi connectivity index (χ1) is 8.37. The van der Waals surface area contributed by atoms with Gasteiger partial charge in [0.25, 0.3) is 0 Å². The normalized spacial score (nSPS) is 21.0. The van der Waals surface area contributed by atoms with E-state index >= 15 is 0 Å². The summed E-state index contributed by atoms with van der Waals surface area (Å²) in [6.45, 7) is 3.01. The lowest BCUT2D eigenvalue weighted by atomic mass is 10.1. The van der Waals surface area contributed by atoms with Crippen molar-refractivity contribution in [1.29, 1.82) is 0 Å². The number of ketones is 1. The second kappa shape index (κ2) is 4.20. The molecule has 0 aliphatic carbocycles. The number of fused-ring (bicyclic) bond motifs is 1. The van der Waals surface area contributed by atoms with Gasteiger partial charge in [0.2, 0.25) is 5.91 Å². The Kier molecular flexibility index (Phi) is 2.98. The van der Waals surface area contributed by atoms with Gasteiger partial charge in [0.15, 0.2) is 15.6 Å². The molecule has 5 nitrogen and oxygen atoms in total. The molecule has 1 aliphatic rings. The quantitative estimate of drug-likeness (QED) is 0.821. The largest absolute Gasteiger partial charge is 0.324 e. The van der Waals surface area contributed by atoms with Gasteiger partial charge in [-0.15, -0.1) is 0 Å². The monoisotopic (exact) mass is 267 g/mol. The Bertz CT molecular complexity index is 633. The Morgan fingerprint density at radius 3 is 2.61 bits per heavy atom. The summed E-state index contributed by atoms with van der Waals surface area (Å²) in [6, 6.07) is 4.28. The summed E-state index contributed by atoms with van der Waals surface area (Å²) < 4.78 is 24.5. The number of sulfone groups is 1. The molecular weight excluding hydrogens is 254 g/mol. The van der Waals surface area contributed by atoms with E-state index in [1.54, 1.807) is 6.92 Å². The lowest BCUT2D eigenvalue weighted by Gasteiger charge is -2.24. The second-order valence-corrected chi connectivity index (χ2v) is 6.30. The molecule has 1 unspecified atom stereocenters. The highest BCUT2D eigenvalue weighted by Crippen LogP contribution is 2.32. The first-order valence-corrected chi connectivity index (χ1v) is 7.12. The molecule has 0 fully saturated rings. The van der Waals surface area contributed by atoms with Crippen LogP contribution in [0.1, 0.15) is 30.6 Å². The predicted octanol–water partition coefficient (Wildman–Crippen LogP) is 1.39. The Labute approximate surface area is 105 Å². The zero-order chi connectivity index (χ0) is 13.5. The van der Waals surface area contributed by atoms with Crippen molar-refractivity contribution in [2.45, 2.75) is 30.4 Å². The summed E-state index contributed by atoms with van der Waals surface area (Å²) in [4.78, 5) is 23.0. The van der Waals surface area contributed by atoms with E-state index in [9.17, 15) is 18.0 Å². The number of carbonyl (C=O) groups excluding carboxylic acids is 2. The summed E-state index contributed by atoms with van der Waals surface area (Å²) in [6.07, 6.45) is 0.206. The molecule has 96 valence electrons. The highest BCUT2D eigenvalue weighted by molar-refractivity contribution is 7.93. The maximum absolute atomic E-state index is 12.2. The second-order valence-electron chi connectivity index (χ2n) is 4.20. The van der Waals surface area contributed by atoms with Gasteiger partial charge in [-0.05, 0) is 31.5 Å². The lowest BCUT2D eigenvalue weighted by Crippen LogP contribution is -2.39. The summed E-state index contributed by atoms with van der Waals surface area (Å²) in [5.41, 5.74) is 0.568. The highest BCUT2D eigenvalue weighted by atomic mass is 32.2. The van der Waals surface area contributed by atoms with Gasteiger partial charge in [-0.2, -0.15) is 0 Å². The van der Waals surface area contributed by atoms with Gasteiger partial charge in [0.05, 0.1) is 10.6 Å². The summed E-state index contributed by atoms with van der Waals surface area (Å²) in [7, 11) is -3.70. The number of rotatable bonds is 2. The molecule has 1 amide bonds. The predicted molar refractivity (Wildman–Crippen MR) is 66.3 cm³/mol.